The van der Waals surface area contributed by atoms with Gasteiger partial charge in [-0.3, -0.25) is 24.3 Å². The van der Waals surface area contributed by atoms with E-state index in [9.17, 15) is 19.7 Å². The Kier molecular flexibility index (Phi) is 8.95. The Morgan fingerprint density at radius 1 is 1.04 bits per heavy atom. The molecule has 1 N–H and O–H groups in total. The van der Waals surface area contributed by atoms with Crippen LogP contribution in [0.4, 0.5) is 11.4 Å². The molecule has 1 aliphatic heterocycles. The summed E-state index contributed by atoms with van der Waals surface area (Å²) in [5.41, 5.74) is 1.64. The molecule has 5 aromatic rings. The molecule has 3 heterocycles. The molecule has 1 amide bonds. The highest BCUT2D eigenvalue weighted by Crippen LogP contribution is 2.38. The number of amides is 1. The van der Waals surface area contributed by atoms with Gasteiger partial charge >= 0.3 is 0 Å². The Morgan fingerprint density at radius 2 is 1.81 bits per heavy atom. The van der Waals surface area contributed by atoms with Crippen LogP contribution >= 0.6 is 23.1 Å². The molecule has 12 nitrogen and oxygen atoms in total. The summed E-state index contributed by atoms with van der Waals surface area (Å²) < 4.78 is 12.8. The summed E-state index contributed by atoms with van der Waals surface area (Å²) >= 11 is 2.33. The first-order valence-electron chi connectivity index (χ1n) is 14.1. The van der Waals surface area contributed by atoms with Crippen molar-refractivity contribution >= 4 is 46.5 Å². The third-order valence-electron chi connectivity index (χ3n) is 7.27. The van der Waals surface area contributed by atoms with E-state index in [0.717, 1.165) is 11.3 Å². The molecule has 14 heteroatoms. The molecule has 47 heavy (non-hydrogen) atoms. The maximum absolute atomic E-state index is 14.3. The third-order valence-corrected chi connectivity index (χ3v) is 9.24. The standard InChI is InChI=1S/C33H26N6O6S2/c1-19-28(30(40)37-21-8-5-4-6-9-21)29(24-12-11-23(44-2)18-25(24)45-3)38-31(41)27(47-33(38)36-19)17-20-16-22(39(42)43)10-13-26(20)46-32-34-14-7-15-35-32/h4-18,29H,1-3H3,(H,37,40)/b27-17+/t29-/m0/s1. The number of carbonyl (C=O) groups excluding carboxylic acids is 1. The van der Waals surface area contributed by atoms with Gasteiger partial charge in [0.25, 0.3) is 17.2 Å². The number of hydrogen-bond acceptors (Lipinski definition) is 11. The van der Waals surface area contributed by atoms with Gasteiger partial charge in [0, 0.05) is 46.7 Å². The quantitative estimate of drug-likeness (QED) is 0.134. The molecule has 0 saturated carbocycles. The number of thiazole rings is 1. The Labute approximate surface area is 275 Å². The van der Waals surface area contributed by atoms with Crippen LogP contribution in [0.25, 0.3) is 6.08 Å². The second kappa shape index (κ2) is 13.4. The number of nitrogens with zero attached hydrogens (tertiary/aromatic N) is 5. The number of nitrogens with one attached hydrogen (secondary N) is 1. The average molecular weight is 667 g/mol. The van der Waals surface area contributed by atoms with Crippen molar-refractivity contribution in [2.75, 3.05) is 19.5 Å². The number of benzene rings is 3. The number of para-hydroxylation sites is 1. The predicted molar refractivity (Wildman–Crippen MR) is 178 cm³/mol. The van der Waals surface area contributed by atoms with Crippen molar-refractivity contribution in [1.82, 2.24) is 14.5 Å². The Balaban J connectivity index is 1.54. The molecule has 0 bridgehead atoms. The number of nitro benzene ring substituents is 1. The van der Waals surface area contributed by atoms with Crippen molar-refractivity contribution in [1.29, 1.82) is 0 Å². The molecule has 236 valence electrons. The summed E-state index contributed by atoms with van der Waals surface area (Å²) in [6.45, 7) is 1.72. The second-order valence-corrected chi connectivity index (χ2v) is 12.1. The van der Waals surface area contributed by atoms with Crippen LogP contribution in [0.3, 0.4) is 0 Å². The van der Waals surface area contributed by atoms with Crippen molar-refractivity contribution in [3.63, 3.8) is 0 Å². The lowest BCUT2D eigenvalue weighted by molar-refractivity contribution is -0.384. The van der Waals surface area contributed by atoms with Gasteiger partial charge in [0.15, 0.2) is 9.96 Å². The lowest BCUT2D eigenvalue weighted by Gasteiger charge is -2.26. The molecule has 0 unspecified atom stereocenters. The van der Waals surface area contributed by atoms with Crippen LogP contribution in [0.1, 0.15) is 24.1 Å². The Morgan fingerprint density at radius 3 is 2.51 bits per heavy atom. The van der Waals surface area contributed by atoms with E-state index in [0.29, 0.717) is 48.9 Å². The highest BCUT2D eigenvalue weighted by Gasteiger charge is 2.34. The topological polar surface area (TPSA) is 151 Å². The number of ether oxygens (including phenoxy) is 2. The molecular weight excluding hydrogens is 641 g/mol. The van der Waals surface area contributed by atoms with Crippen LogP contribution in [-0.2, 0) is 4.79 Å². The van der Waals surface area contributed by atoms with E-state index in [1.54, 1.807) is 80.0 Å². The van der Waals surface area contributed by atoms with Gasteiger partial charge in [-0.1, -0.05) is 29.5 Å². The average Bonchev–Trinajstić information content (AvgIpc) is 3.38. The number of aromatic nitrogens is 3. The number of anilines is 1. The predicted octanol–water partition coefficient (Wildman–Crippen LogP) is 4.74. The monoisotopic (exact) mass is 666 g/mol. The van der Waals surface area contributed by atoms with E-state index in [1.165, 1.54) is 42.7 Å². The van der Waals surface area contributed by atoms with Crippen molar-refractivity contribution in [3.05, 3.63) is 137 Å². The molecule has 0 saturated heterocycles. The van der Waals surface area contributed by atoms with Crippen LogP contribution < -0.4 is 29.7 Å². The zero-order valence-electron chi connectivity index (χ0n) is 25.2. The van der Waals surface area contributed by atoms with E-state index in [1.807, 2.05) is 6.07 Å². The van der Waals surface area contributed by atoms with Crippen LogP contribution in [0.15, 0.2) is 116 Å². The number of hydrogen-bond donors (Lipinski definition) is 1. The minimum Gasteiger partial charge on any atom is -0.497 e. The van der Waals surface area contributed by atoms with E-state index >= 15 is 0 Å². The fourth-order valence-electron chi connectivity index (χ4n) is 5.10. The minimum absolute atomic E-state index is 0.140. The van der Waals surface area contributed by atoms with Gasteiger partial charge in [0.1, 0.15) is 17.5 Å². The summed E-state index contributed by atoms with van der Waals surface area (Å²) in [6, 6.07) is 19.3. The minimum atomic E-state index is -0.922. The summed E-state index contributed by atoms with van der Waals surface area (Å²) in [7, 11) is 3.03. The number of nitro groups is 1. The molecule has 0 fully saturated rings. The van der Waals surface area contributed by atoms with Gasteiger partial charge in [0.2, 0.25) is 0 Å². The molecule has 0 radical (unpaired) electrons. The SMILES string of the molecule is COc1ccc([C@H]2C(C(=O)Nc3ccccc3)=C(C)N=c3s/c(=C/c4cc([N+](=O)[O-])ccc4Sc4ncccn4)c(=O)n32)c(OC)c1. The smallest absolute Gasteiger partial charge is 0.271 e. The first-order chi connectivity index (χ1) is 22.8. The fraction of sp³-hybridized carbons (Fsp3) is 0.121. The molecule has 0 spiro atoms. The van der Waals surface area contributed by atoms with E-state index in [-0.39, 0.29) is 15.8 Å². The highest BCUT2D eigenvalue weighted by atomic mass is 32.2. The molecule has 0 aliphatic carbocycles. The number of carbonyl (C=O) groups is 1. The number of fused-ring (bicyclic) bond motifs is 1. The third kappa shape index (κ3) is 6.41. The van der Waals surface area contributed by atoms with Gasteiger partial charge in [-0.25, -0.2) is 15.0 Å². The van der Waals surface area contributed by atoms with Gasteiger partial charge in [-0.15, -0.1) is 0 Å². The highest BCUT2D eigenvalue weighted by molar-refractivity contribution is 7.99. The number of rotatable bonds is 9. The number of non-ortho nitro benzene ring substituents is 1. The lowest BCUT2D eigenvalue weighted by Crippen LogP contribution is -2.40. The van der Waals surface area contributed by atoms with Crippen LogP contribution in [-0.4, -0.2) is 39.6 Å². The second-order valence-electron chi connectivity index (χ2n) is 10.1. The van der Waals surface area contributed by atoms with Gasteiger partial charge < -0.3 is 14.8 Å². The largest absolute Gasteiger partial charge is 0.497 e. The normalized spacial score (nSPS) is 14.3. The van der Waals surface area contributed by atoms with Crippen molar-refractivity contribution < 1.29 is 19.2 Å². The van der Waals surface area contributed by atoms with Crippen molar-refractivity contribution in [3.8, 4) is 11.5 Å². The van der Waals surface area contributed by atoms with E-state index in [2.05, 4.69) is 15.3 Å². The van der Waals surface area contributed by atoms with Gasteiger partial charge in [0.05, 0.1) is 34.9 Å². The van der Waals surface area contributed by atoms with Gasteiger partial charge in [-0.05, 0) is 66.7 Å². The number of methoxy groups -OCH3 is 2. The summed E-state index contributed by atoms with van der Waals surface area (Å²) in [6.07, 6.45) is 4.78. The maximum Gasteiger partial charge on any atom is 0.271 e. The summed E-state index contributed by atoms with van der Waals surface area (Å²) in [5.74, 6) is 0.505. The van der Waals surface area contributed by atoms with Crippen LogP contribution in [0, 0.1) is 10.1 Å². The molecular formula is C33H26N6O6S2. The van der Waals surface area contributed by atoms with E-state index < -0.39 is 22.4 Å². The Hall–Kier alpha value is -5.60. The zero-order valence-corrected chi connectivity index (χ0v) is 26.9. The number of allylic oxidation sites excluding steroid dienone is 1. The van der Waals surface area contributed by atoms with Crippen LogP contribution in [0.2, 0.25) is 0 Å². The van der Waals surface area contributed by atoms with Gasteiger partial charge in [-0.2, -0.15) is 0 Å². The van der Waals surface area contributed by atoms with E-state index in [4.69, 9.17) is 14.5 Å². The first kappa shape index (κ1) is 31.4. The Bertz CT molecular complexity index is 2220. The van der Waals surface area contributed by atoms with Crippen molar-refractivity contribution in [2.24, 2.45) is 4.99 Å². The molecule has 6 rings (SSSR count). The van der Waals surface area contributed by atoms with Crippen molar-refractivity contribution in [2.45, 2.75) is 23.0 Å². The summed E-state index contributed by atoms with van der Waals surface area (Å²) in [5, 5.41) is 15.1. The lowest BCUT2D eigenvalue weighted by atomic mass is 9.94. The fourth-order valence-corrected chi connectivity index (χ4v) is 6.94. The zero-order chi connectivity index (χ0) is 33.1. The molecule has 3 aromatic carbocycles. The molecule has 1 atom stereocenters. The molecule has 1 aliphatic rings. The molecule has 2 aromatic heterocycles. The first-order valence-corrected chi connectivity index (χ1v) is 15.7. The van der Waals surface area contributed by atoms with Crippen LogP contribution in [0.5, 0.6) is 11.5 Å². The maximum atomic E-state index is 14.3. The summed E-state index contributed by atoms with van der Waals surface area (Å²) in [4.78, 5) is 53.6.